The maximum absolute atomic E-state index is 12.0. The van der Waals surface area contributed by atoms with Crippen LogP contribution in [0.15, 0.2) is 54.6 Å². The van der Waals surface area contributed by atoms with Gasteiger partial charge in [0.25, 0.3) is 0 Å². The normalized spacial score (nSPS) is 10.2. The maximum Gasteiger partial charge on any atom is 0.241 e. The lowest BCUT2D eigenvalue weighted by atomic mass is 10.1. The molecule has 0 atom stereocenters. The number of anilines is 1. The van der Waals surface area contributed by atoms with E-state index in [0.717, 1.165) is 11.3 Å². The predicted octanol–water partition coefficient (Wildman–Crippen LogP) is 2.49. The van der Waals surface area contributed by atoms with Crippen molar-refractivity contribution in [2.45, 2.75) is 13.5 Å². The van der Waals surface area contributed by atoms with Gasteiger partial charge < -0.3 is 10.6 Å². The first kappa shape index (κ1) is 13.3. The molecule has 0 spiro atoms. The highest BCUT2D eigenvalue weighted by atomic mass is 16.2. The summed E-state index contributed by atoms with van der Waals surface area (Å²) in [5, 5.41) is 0. The number of nitrogens with zero attached hydrogens (tertiary/aromatic N) is 1. The molecule has 2 N–H and O–H groups in total. The lowest BCUT2D eigenvalue weighted by molar-refractivity contribution is -0.117. The van der Waals surface area contributed by atoms with Crippen molar-refractivity contribution in [2.24, 2.45) is 5.73 Å². The van der Waals surface area contributed by atoms with Crippen LogP contribution in [-0.4, -0.2) is 12.5 Å². The van der Waals surface area contributed by atoms with E-state index in [1.807, 2.05) is 55.5 Å². The summed E-state index contributed by atoms with van der Waals surface area (Å²) in [5.74, 6) is -0.0762. The smallest absolute Gasteiger partial charge is 0.241 e. The van der Waals surface area contributed by atoms with Gasteiger partial charge in [0.15, 0.2) is 0 Å². The summed E-state index contributed by atoms with van der Waals surface area (Å²) in [6.45, 7) is 2.60. The summed E-state index contributed by atoms with van der Waals surface area (Å²) in [6.07, 6.45) is 0. The third-order valence-corrected chi connectivity index (χ3v) is 2.97. The molecule has 0 radical (unpaired) electrons. The molecule has 3 heteroatoms. The molecule has 0 aliphatic carbocycles. The molecular weight excluding hydrogens is 236 g/mol. The lowest BCUT2D eigenvalue weighted by Gasteiger charge is -2.22. The average Bonchev–Trinajstić information content (AvgIpc) is 2.45. The third kappa shape index (κ3) is 3.42. The number of para-hydroxylation sites is 1. The van der Waals surface area contributed by atoms with Crippen LogP contribution in [-0.2, 0) is 11.3 Å². The fraction of sp³-hybridized carbons (Fsp3) is 0.188. The summed E-state index contributed by atoms with van der Waals surface area (Å²) in [5.41, 5.74) is 8.67. The molecule has 2 rings (SSSR count). The van der Waals surface area contributed by atoms with Gasteiger partial charge in [0.1, 0.15) is 0 Å². The second-order valence-corrected chi connectivity index (χ2v) is 4.51. The zero-order chi connectivity index (χ0) is 13.7. The molecule has 2 aromatic carbocycles. The minimum Gasteiger partial charge on any atom is -0.322 e. The van der Waals surface area contributed by atoms with Gasteiger partial charge in [0.2, 0.25) is 5.91 Å². The van der Waals surface area contributed by atoms with Gasteiger partial charge in [-0.05, 0) is 24.6 Å². The molecule has 1 amide bonds. The van der Waals surface area contributed by atoms with E-state index in [1.165, 1.54) is 5.56 Å². The van der Waals surface area contributed by atoms with Gasteiger partial charge in [-0.1, -0.05) is 48.0 Å². The Hall–Kier alpha value is -2.13. The number of nitrogens with two attached hydrogens (primary N) is 1. The number of hydrogen-bond donors (Lipinski definition) is 1. The number of aryl methyl sites for hydroxylation is 1. The lowest BCUT2D eigenvalue weighted by Crippen LogP contribution is -2.35. The Kier molecular flexibility index (Phi) is 4.31. The fourth-order valence-corrected chi connectivity index (χ4v) is 2.03. The molecule has 3 nitrogen and oxygen atoms in total. The summed E-state index contributed by atoms with van der Waals surface area (Å²) >= 11 is 0. The van der Waals surface area contributed by atoms with Crippen molar-refractivity contribution in [2.75, 3.05) is 11.4 Å². The molecule has 19 heavy (non-hydrogen) atoms. The molecule has 0 unspecified atom stereocenters. The Bertz CT molecular complexity index is 552. The van der Waals surface area contributed by atoms with E-state index in [2.05, 4.69) is 6.07 Å². The fourth-order valence-electron chi connectivity index (χ4n) is 2.03. The van der Waals surface area contributed by atoms with E-state index < -0.39 is 0 Å². The summed E-state index contributed by atoms with van der Waals surface area (Å²) < 4.78 is 0. The Morgan fingerprint density at radius 3 is 2.47 bits per heavy atom. The van der Waals surface area contributed by atoms with Gasteiger partial charge in [0.05, 0.1) is 13.1 Å². The predicted molar refractivity (Wildman–Crippen MR) is 77.9 cm³/mol. The van der Waals surface area contributed by atoms with E-state index in [9.17, 15) is 4.79 Å². The van der Waals surface area contributed by atoms with E-state index >= 15 is 0 Å². The SMILES string of the molecule is Cc1cccc(CN(C(=O)CN)c2ccccc2)c1. The highest BCUT2D eigenvalue weighted by Gasteiger charge is 2.14. The first-order valence-corrected chi connectivity index (χ1v) is 6.31. The van der Waals surface area contributed by atoms with Crippen LogP contribution in [0.1, 0.15) is 11.1 Å². The number of carbonyl (C=O) groups excluding carboxylic acids is 1. The van der Waals surface area contributed by atoms with E-state index in [4.69, 9.17) is 5.73 Å². The van der Waals surface area contributed by atoms with E-state index in [-0.39, 0.29) is 12.5 Å². The second-order valence-electron chi connectivity index (χ2n) is 4.51. The summed E-state index contributed by atoms with van der Waals surface area (Å²) in [7, 11) is 0. The molecule has 0 heterocycles. The molecule has 0 bridgehead atoms. The zero-order valence-electron chi connectivity index (χ0n) is 11.0. The zero-order valence-corrected chi connectivity index (χ0v) is 11.0. The van der Waals surface area contributed by atoms with Gasteiger partial charge in [-0.15, -0.1) is 0 Å². The standard InChI is InChI=1S/C16H18N2O/c1-13-6-5-7-14(10-13)12-18(16(19)11-17)15-8-3-2-4-9-15/h2-10H,11-12,17H2,1H3. The van der Waals surface area contributed by atoms with Crippen LogP contribution in [0.4, 0.5) is 5.69 Å². The van der Waals surface area contributed by atoms with Crippen LogP contribution in [0, 0.1) is 6.92 Å². The molecule has 2 aromatic rings. The first-order chi connectivity index (χ1) is 9.20. The van der Waals surface area contributed by atoms with Crippen molar-refractivity contribution < 1.29 is 4.79 Å². The number of rotatable bonds is 4. The third-order valence-electron chi connectivity index (χ3n) is 2.97. The van der Waals surface area contributed by atoms with Gasteiger partial charge in [-0.2, -0.15) is 0 Å². The van der Waals surface area contributed by atoms with Crippen molar-refractivity contribution >= 4 is 11.6 Å². The molecule has 0 fully saturated rings. The molecule has 0 aliphatic rings. The number of benzene rings is 2. The minimum absolute atomic E-state index is 0.0146. The van der Waals surface area contributed by atoms with Crippen molar-refractivity contribution in [3.8, 4) is 0 Å². The first-order valence-electron chi connectivity index (χ1n) is 6.31. The van der Waals surface area contributed by atoms with Gasteiger partial charge >= 0.3 is 0 Å². The van der Waals surface area contributed by atoms with Crippen LogP contribution in [0.3, 0.4) is 0 Å². The summed E-state index contributed by atoms with van der Waals surface area (Å²) in [6, 6.07) is 17.8. The molecule has 0 aromatic heterocycles. The van der Waals surface area contributed by atoms with Crippen LogP contribution in [0.5, 0.6) is 0 Å². The maximum atomic E-state index is 12.0. The highest BCUT2D eigenvalue weighted by Crippen LogP contribution is 2.17. The van der Waals surface area contributed by atoms with Gasteiger partial charge in [0, 0.05) is 5.69 Å². The quantitative estimate of drug-likeness (QED) is 0.911. The molecule has 0 saturated carbocycles. The Balaban J connectivity index is 2.27. The van der Waals surface area contributed by atoms with Gasteiger partial charge in [-0.3, -0.25) is 4.79 Å². The Labute approximate surface area is 113 Å². The number of amides is 1. The van der Waals surface area contributed by atoms with Crippen LogP contribution >= 0.6 is 0 Å². The van der Waals surface area contributed by atoms with Gasteiger partial charge in [-0.25, -0.2) is 0 Å². The monoisotopic (exact) mass is 254 g/mol. The average molecular weight is 254 g/mol. The molecular formula is C16H18N2O. The van der Waals surface area contributed by atoms with Crippen molar-refractivity contribution in [3.63, 3.8) is 0 Å². The van der Waals surface area contributed by atoms with Crippen LogP contribution < -0.4 is 10.6 Å². The van der Waals surface area contributed by atoms with Crippen molar-refractivity contribution in [3.05, 3.63) is 65.7 Å². The van der Waals surface area contributed by atoms with E-state index in [1.54, 1.807) is 4.90 Å². The second kappa shape index (κ2) is 6.16. The van der Waals surface area contributed by atoms with E-state index in [0.29, 0.717) is 6.54 Å². The molecule has 0 aliphatic heterocycles. The summed E-state index contributed by atoms with van der Waals surface area (Å²) in [4.78, 5) is 13.7. The highest BCUT2D eigenvalue weighted by molar-refractivity contribution is 5.94. The Morgan fingerprint density at radius 1 is 1.11 bits per heavy atom. The van der Waals surface area contributed by atoms with Crippen molar-refractivity contribution in [1.29, 1.82) is 0 Å². The number of carbonyl (C=O) groups is 1. The van der Waals surface area contributed by atoms with Crippen LogP contribution in [0.2, 0.25) is 0 Å². The molecule has 98 valence electrons. The Morgan fingerprint density at radius 2 is 1.84 bits per heavy atom. The van der Waals surface area contributed by atoms with Crippen LogP contribution in [0.25, 0.3) is 0 Å². The minimum atomic E-state index is -0.0762. The number of hydrogen-bond acceptors (Lipinski definition) is 2. The van der Waals surface area contributed by atoms with Crippen molar-refractivity contribution in [1.82, 2.24) is 0 Å². The largest absolute Gasteiger partial charge is 0.322 e. The molecule has 0 saturated heterocycles. The topological polar surface area (TPSA) is 46.3 Å².